The van der Waals surface area contributed by atoms with E-state index in [1.807, 2.05) is 42.6 Å². The zero-order chi connectivity index (χ0) is 18.9. The van der Waals surface area contributed by atoms with Crippen molar-refractivity contribution in [2.24, 2.45) is 0 Å². The summed E-state index contributed by atoms with van der Waals surface area (Å²) in [6.07, 6.45) is -0.590. The summed E-state index contributed by atoms with van der Waals surface area (Å²) in [5.41, 5.74) is 2.37. The van der Waals surface area contributed by atoms with Crippen LogP contribution in [0.2, 0.25) is 0 Å². The molecule has 0 heterocycles. The fourth-order valence-corrected chi connectivity index (χ4v) is 2.57. The van der Waals surface area contributed by atoms with Crippen molar-refractivity contribution in [3.8, 4) is 11.5 Å². The maximum Gasteiger partial charge on any atom is 0.341 e. The van der Waals surface area contributed by atoms with Gasteiger partial charge in [0.2, 0.25) is 0 Å². The van der Waals surface area contributed by atoms with Gasteiger partial charge in [-0.3, -0.25) is 0 Å². The number of methoxy groups -OCH3 is 2. The van der Waals surface area contributed by atoms with E-state index < -0.39 is 12.1 Å². The Kier molecular flexibility index (Phi) is 7.44. The van der Waals surface area contributed by atoms with Crippen LogP contribution in [-0.4, -0.2) is 44.6 Å². The molecule has 0 radical (unpaired) electrons. The molecule has 2 aromatic rings. The first kappa shape index (κ1) is 19.8. The van der Waals surface area contributed by atoms with Gasteiger partial charge in [-0.2, -0.15) is 0 Å². The number of benzene rings is 2. The van der Waals surface area contributed by atoms with Gasteiger partial charge in [0.25, 0.3) is 0 Å². The average molecular weight is 360 g/mol. The molecule has 0 aliphatic rings. The number of quaternary nitrogens is 1. The van der Waals surface area contributed by atoms with Gasteiger partial charge in [0, 0.05) is 5.56 Å². The number of carbonyl (C=O) groups excluding carboxylic acids is 1. The zero-order valence-electron chi connectivity index (χ0n) is 15.4. The molecule has 1 atom stereocenters. The Labute approximate surface area is 153 Å². The number of carbonyl (C=O) groups is 1. The number of rotatable bonds is 9. The molecule has 0 aromatic heterocycles. The topological polar surface area (TPSA) is 81.6 Å². The first-order valence-electron chi connectivity index (χ1n) is 8.48. The quantitative estimate of drug-likeness (QED) is 0.659. The molecule has 0 amide bonds. The molecule has 2 rings (SSSR count). The minimum absolute atomic E-state index is 0.234. The lowest BCUT2D eigenvalue weighted by Gasteiger charge is -2.13. The molecule has 0 aliphatic heterocycles. The van der Waals surface area contributed by atoms with Gasteiger partial charge < -0.3 is 24.6 Å². The van der Waals surface area contributed by atoms with Crippen LogP contribution >= 0.6 is 0 Å². The monoisotopic (exact) mass is 360 g/mol. The molecule has 0 saturated carbocycles. The first-order valence-corrected chi connectivity index (χ1v) is 8.48. The summed E-state index contributed by atoms with van der Waals surface area (Å²) in [4.78, 5) is 11.8. The van der Waals surface area contributed by atoms with Crippen molar-refractivity contribution >= 4 is 5.97 Å². The summed E-state index contributed by atoms with van der Waals surface area (Å²) in [6.45, 7) is 3.31. The van der Waals surface area contributed by atoms with Crippen LogP contribution in [0.5, 0.6) is 11.5 Å². The fraction of sp³-hybridized carbons (Fsp3) is 0.350. The van der Waals surface area contributed by atoms with E-state index >= 15 is 0 Å². The van der Waals surface area contributed by atoms with Gasteiger partial charge >= 0.3 is 5.97 Å². The molecule has 0 fully saturated rings. The number of nitrogens with two attached hydrogens (primary N) is 1. The number of aliphatic hydroxyl groups excluding tert-OH is 1. The molecule has 0 spiro atoms. The van der Waals surface area contributed by atoms with E-state index in [9.17, 15) is 9.90 Å². The fourth-order valence-electron chi connectivity index (χ4n) is 2.57. The second-order valence-electron chi connectivity index (χ2n) is 5.99. The third-order valence-corrected chi connectivity index (χ3v) is 4.01. The number of aryl methyl sites for hydroxylation is 1. The van der Waals surface area contributed by atoms with Crippen molar-refractivity contribution in [2.75, 3.05) is 27.4 Å². The highest BCUT2D eigenvalue weighted by molar-refractivity contribution is 5.92. The second-order valence-corrected chi connectivity index (χ2v) is 5.99. The molecule has 0 bridgehead atoms. The van der Waals surface area contributed by atoms with E-state index in [1.165, 1.54) is 14.2 Å². The normalized spacial score (nSPS) is 11.7. The smallest absolute Gasteiger partial charge is 0.341 e. The summed E-state index contributed by atoms with van der Waals surface area (Å²) in [6, 6.07) is 13.1. The Balaban J connectivity index is 1.83. The number of ether oxygens (including phenoxy) is 3. The number of para-hydroxylation sites is 1. The van der Waals surface area contributed by atoms with Gasteiger partial charge in [-0.15, -0.1) is 0 Å². The van der Waals surface area contributed by atoms with E-state index in [1.54, 1.807) is 12.1 Å². The standard InChI is InChI=1S/C20H25NO5/c1-14-6-4-5-7-18(14)26-13-16(22)12-21-11-15-8-9-19(24-2)17(10-15)20(23)25-3/h4-10,16,21-22H,11-13H2,1-3H3/p+1/t16-/m1/s1. The van der Waals surface area contributed by atoms with Crippen molar-refractivity contribution < 1.29 is 29.4 Å². The van der Waals surface area contributed by atoms with Gasteiger partial charge in [0.05, 0.1) is 14.2 Å². The molecule has 0 unspecified atom stereocenters. The first-order chi connectivity index (χ1) is 12.5. The van der Waals surface area contributed by atoms with E-state index in [0.717, 1.165) is 16.9 Å². The predicted octanol–water partition coefficient (Wildman–Crippen LogP) is 1.29. The van der Waals surface area contributed by atoms with Crippen molar-refractivity contribution in [3.05, 3.63) is 59.2 Å². The Hall–Kier alpha value is -2.57. The van der Waals surface area contributed by atoms with E-state index in [-0.39, 0.29) is 6.61 Å². The van der Waals surface area contributed by atoms with Gasteiger partial charge in [-0.1, -0.05) is 18.2 Å². The molecular weight excluding hydrogens is 334 g/mol. The van der Waals surface area contributed by atoms with Crippen LogP contribution in [0.15, 0.2) is 42.5 Å². The Morgan fingerprint density at radius 3 is 2.62 bits per heavy atom. The van der Waals surface area contributed by atoms with Gasteiger partial charge in [-0.05, 0) is 36.8 Å². The minimum atomic E-state index is -0.590. The molecule has 3 N–H and O–H groups in total. The summed E-state index contributed by atoms with van der Waals surface area (Å²) < 4.78 is 15.6. The summed E-state index contributed by atoms with van der Waals surface area (Å²) in [5.74, 6) is 0.826. The van der Waals surface area contributed by atoms with Gasteiger partial charge in [0.1, 0.15) is 42.9 Å². The second kappa shape index (κ2) is 9.79. The van der Waals surface area contributed by atoms with E-state index in [4.69, 9.17) is 14.2 Å². The third-order valence-electron chi connectivity index (χ3n) is 4.01. The van der Waals surface area contributed by atoms with Crippen molar-refractivity contribution in [3.63, 3.8) is 0 Å². The third kappa shape index (κ3) is 5.47. The Morgan fingerprint density at radius 1 is 1.15 bits per heavy atom. The lowest BCUT2D eigenvalue weighted by Crippen LogP contribution is -2.85. The van der Waals surface area contributed by atoms with Gasteiger partial charge in [0.15, 0.2) is 0 Å². The van der Waals surface area contributed by atoms with Crippen LogP contribution in [0.25, 0.3) is 0 Å². The zero-order valence-corrected chi connectivity index (χ0v) is 15.4. The number of esters is 1. The minimum Gasteiger partial charge on any atom is -0.496 e. The van der Waals surface area contributed by atoms with Gasteiger partial charge in [-0.25, -0.2) is 4.79 Å². The number of aliphatic hydroxyl groups is 1. The van der Waals surface area contributed by atoms with Crippen molar-refractivity contribution in [1.82, 2.24) is 0 Å². The molecule has 26 heavy (non-hydrogen) atoms. The maximum atomic E-state index is 11.8. The Bertz CT molecular complexity index is 732. The molecule has 140 valence electrons. The van der Waals surface area contributed by atoms with Crippen molar-refractivity contribution in [1.29, 1.82) is 0 Å². The maximum absolute atomic E-state index is 11.8. The van der Waals surface area contributed by atoms with Crippen LogP contribution in [-0.2, 0) is 11.3 Å². The largest absolute Gasteiger partial charge is 0.496 e. The summed E-state index contributed by atoms with van der Waals surface area (Å²) >= 11 is 0. The summed E-state index contributed by atoms with van der Waals surface area (Å²) in [5, 5.41) is 12.1. The van der Waals surface area contributed by atoms with Crippen LogP contribution < -0.4 is 14.8 Å². The average Bonchev–Trinajstić information content (AvgIpc) is 2.66. The highest BCUT2D eigenvalue weighted by Gasteiger charge is 2.14. The van der Waals surface area contributed by atoms with Crippen LogP contribution in [0, 0.1) is 6.92 Å². The molecule has 0 saturated heterocycles. The highest BCUT2D eigenvalue weighted by atomic mass is 16.5. The highest BCUT2D eigenvalue weighted by Crippen LogP contribution is 2.20. The summed E-state index contributed by atoms with van der Waals surface area (Å²) in [7, 11) is 2.85. The van der Waals surface area contributed by atoms with Crippen LogP contribution in [0.4, 0.5) is 0 Å². The lowest BCUT2D eigenvalue weighted by atomic mass is 10.1. The molecular formula is C20H26NO5+. The number of hydrogen-bond donors (Lipinski definition) is 2. The molecule has 0 aliphatic carbocycles. The van der Waals surface area contributed by atoms with E-state index in [2.05, 4.69) is 0 Å². The Morgan fingerprint density at radius 2 is 1.92 bits per heavy atom. The van der Waals surface area contributed by atoms with E-state index in [0.29, 0.717) is 24.4 Å². The molecule has 6 heteroatoms. The SMILES string of the molecule is COC(=O)c1cc(C[NH2+]C[C@@H](O)COc2ccccc2C)ccc1OC. The lowest BCUT2D eigenvalue weighted by molar-refractivity contribution is -0.676. The predicted molar refractivity (Wildman–Crippen MR) is 97.5 cm³/mol. The van der Waals surface area contributed by atoms with Crippen LogP contribution in [0.3, 0.4) is 0 Å². The number of hydrogen-bond acceptors (Lipinski definition) is 5. The molecule has 6 nitrogen and oxygen atoms in total. The van der Waals surface area contributed by atoms with Crippen molar-refractivity contribution in [2.45, 2.75) is 19.6 Å². The molecule has 2 aromatic carbocycles. The van der Waals surface area contributed by atoms with Crippen LogP contribution in [0.1, 0.15) is 21.5 Å².